The van der Waals surface area contributed by atoms with Gasteiger partial charge < -0.3 is 10.2 Å². The molecule has 0 saturated heterocycles. The molecule has 0 aromatic heterocycles. The first-order valence-electron chi connectivity index (χ1n) is 8.74. The highest BCUT2D eigenvalue weighted by Crippen LogP contribution is 2.38. The third-order valence-corrected chi connectivity index (χ3v) is 5.10. The second kappa shape index (κ2) is 7.64. The molecule has 0 radical (unpaired) electrons. The zero-order chi connectivity index (χ0) is 13.6. The van der Waals surface area contributed by atoms with E-state index in [0.717, 1.165) is 6.04 Å². The Morgan fingerprint density at radius 1 is 1.05 bits per heavy atom. The van der Waals surface area contributed by atoms with E-state index in [1.54, 1.807) is 0 Å². The van der Waals surface area contributed by atoms with Crippen molar-refractivity contribution in [1.29, 1.82) is 0 Å². The molecule has 2 rings (SSSR count). The maximum Gasteiger partial charge on any atom is 0.00965 e. The topological polar surface area (TPSA) is 15.3 Å². The first-order valence-corrected chi connectivity index (χ1v) is 8.74. The van der Waals surface area contributed by atoms with E-state index in [1.165, 1.54) is 84.0 Å². The smallest absolute Gasteiger partial charge is 0.00965 e. The minimum absolute atomic E-state index is 0.574. The molecule has 2 nitrogen and oxygen atoms in total. The fourth-order valence-corrected chi connectivity index (χ4v) is 3.77. The lowest BCUT2D eigenvalue weighted by molar-refractivity contribution is 0.125. The van der Waals surface area contributed by atoms with Gasteiger partial charge in [-0.1, -0.05) is 39.5 Å². The molecule has 19 heavy (non-hydrogen) atoms. The van der Waals surface area contributed by atoms with Crippen LogP contribution in [0.2, 0.25) is 0 Å². The molecular formula is C17H34N2. The van der Waals surface area contributed by atoms with E-state index in [2.05, 4.69) is 24.1 Å². The van der Waals surface area contributed by atoms with Crippen molar-refractivity contribution in [2.24, 2.45) is 5.41 Å². The highest BCUT2D eigenvalue weighted by Gasteiger charge is 2.36. The Morgan fingerprint density at radius 2 is 1.74 bits per heavy atom. The molecule has 2 fully saturated rings. The Morgan fingerprint density at radius 3 is 2.26 bits per heavy atom. The summed E-state index contributed by atoms with van der Waals surface area (Å²) in [7, 11) is 0. The lowest BCUT2D eigenvalue weighted by Crippen LogP contribution is -2.45. The van der Waals surface area contributed by atoms with Crippen molar-refractivity contribution in [3.05, 3.63) is 0 Å². The normalized spacial score (nSPS) is 23.5. The fourth-order valence-electron chi connectivity index (χ4n) is 3.77. The van der Waals surface area contributed by atoms with Crippen LogP contribution in [-0.4, -0.2) is 37.1 Å². The molecule has 0 atom stereocenters. The van der Waals surface area contributed by atoms with Crippen LogP contribution in [0.1, 0.15) is 71.6 Å². The average molecular weight is 266 g/mol. The van der Waals surface area contributed by atoms with E-state index >= 15 is 0 Å². The molecule has 0 bridgehead atoms. The monoisotopic (exact) mass is 266 g/mol. The molecule has 0 aliphatic heterocycles. The third kappa shape index (κ3) is 4.75. The van der Waals surface area contributed by atoms with Crippen LogP contribution in [0.3, 0.4) is 0 Å². The predicted molar refractivity (Wildman–Crippen MR) is 83.6 cm³/mol. The molecule has 0 amide bonds. The summed E-state index contributed by atoms with van der Waals surface area (Å²) in [6.45, 7) is 9.67. The average Bonchev–Trinajstić information content (AvgIpc) is 3.24. The molecule has 2 saturated carbocycles. The van der Waals surface area contributed by atoms with Gasteiger partial charge in [0.1, 0.15) is 0 Å². The van der Waals surface area contributed by atoms with Gasteiger partial charge in [0.25, 0.3) is 0 Å². The molecule has 0 aromatic carbocycles. The van der Waals surface area contributed by atoms with Crippen LogP contribution in [0, 0.1) is 5.41 Å². The van der Waals surface area contributed by atoms with Gasteiger partial charge in [-0.2, -0.15) is 0 Å². The molecule has 0 unspecified atom stereocenters. The molecule has 2 heteroatoms. The van der Waals surface area contributed by atoms with Gasteiger partial charge in [-0.05, 0) is 50.6 Å². The third-order valence-electron chi connectivity index (χ3n) is 5.10. The Hall–Kier alpha value is -0.0800. The zero-order valence-corrected chi connectivity index (χ0v) is 13.2. The molecule has 1 N–H and O–H groups in total. The van der Waals surface area contributed by atoms with Gasteiger partial charge >= 0.3 is 0 Å². The lowest BCUT2D eigenvalue weighted by atomic mass is 9.79. The van der Waals surface area contributed by atoms with Crippen molar-refractivity contribution in [2.45, 2.75) is 77.7 Å². The summed E-state index contributed by atoms with van der Waals surface area (Å²) >= 11 is 0. The number of hydrogen-bond acceptors (Lipinski definition) is 2. The van der Waals surface area contributed by atoms with E-state index < -0.39 is 0 Å². The maximum atomic E-state index is 3.74. The van der Waals surface area contributed by atoms with Crippen molar-refractivity contribution in [2.75, 3.05) is 26.2 Å². The number of nitrogens with zero attached hydrogens (tertiary/aromatic N) is 1. The summed E-state index contributed by atoms with van der Waals surface area (Å²) in [5.41, 5.74) is 0.574. The van der Waals surface area contributed by atoms with Gasteiger partial charge in [0, 0.05) is 19.1 Å². The van der Waals surface area contributed by atoms with Crippen LogP contribution in [0.25, 0.3) is 0 Å². The summed E-state index contributed by atoms with van der Waals surface area (Å²) in [6, 6.07) is 0.927. The maximum absolute atomic E-state index is 3.74. The van der Waals surface area contributed by atoms with E-state index in [0.29, 0.717) is 5.41 Å². The van der Waals surface area contributed by atoms with Crippen molar-refractivity contribution in [1.82, 2.24) is 10.2 Å². The van der Waals surface area contributed by atoms with Crippen LogP contribution in [0.15, 0.2) is 0 Å². The van der Waals surface area contributed by atoms with Crippen LogP contribution in [0.5, 0.6) is 0 Å². The van der Waals surface area contributed by atoms with Crippen molar-refractivity contribution >= 4 is 0 Å². The highest BCUT2D eigenvalue weighted by atomic mass is 15.2. The van der Waals surface area contributed by atoms with E-state index in [-0.39, 0.29) is 0 Å². The van der Waals surface area contributed by atoms with Gasteiger partial charge in [0.05, 0.1) is 0 Å². The minimum Gasteiger partial charge on any atom is -0.316 e. The number of rotatable bonds is 8. The van der Waals surface area contributed by atoms with Gasteiger partial charge in [-0.15, -0.1) is 0 Å². The molecular weight excluding hydrogens is 232 g/mol. The van der Waals surface area contributed by atoms with Gasteiger partial charge in [-0.3, -0.25) is 0 Å². The van der Waals surface area contributed by atoms with Gasteiger partial charge in [0.2, 0.25) is 0 Å². The van der Waals surface area contributed by atoms with Crippen molar-refractivity contribution < 1.29 is 0 Å². The lowest BCUT2D eigenvalue weighted by Gasteiger charge is -2.38. The van der Waals surface area contributed by atoms with Gasteiger partial charge in [-0.25, -0.2) is 0 Å². The van der Waals surface area contributed by atoms with Crippen molar-refractivity contribution in [3.63, 3.8) is 0 Å². The summed E-state index contributed by atoms with van der Waals surface area (Å²) in [5.74, 6) is 0. The Labute approximate surface area is 120 Å². The fraction of sp³-hybridized carbons (Fsp3) is 1.00. The standard InChI is InChI=1S/C17H34N2/c1-3-13-18-14-17(11-7-5-6-8-12-17)15-19(4-2)16-9-10-16/h16,18H,3-15H2,1-2H3. The summed E-state index contributed by atoms with van der Waals surface area (Å²) in [5, 5.41) is 3.74. The molecule has 2 aliphatic carbocycles. The van der Waals surface area contributed by atoms with Gasteiger partial charge in [0.15, 0.2) is 0 Å². The van der Waals surface area contributed by atoms with E-state index in [1.807, 2.05) is 0 Å². The molecule has 0 spiro atoms. The largest absolute Gasteiger partial charge is 0.316 e. The molecule has 112 valence electrons. The molecule has 2 aliphatic rings. The Balaban J connectivity index is 1.94. The second-order valence-electron chi connectivity index (χ2n) is 6.89. The van der Waals surface area contributed by atoms with E-state index in [9.17, 15) is 0 Å². The van der Waals surface area contributed by atoms with Crippen LogP contribution in [0.4, 0.5) is 0 Å². The number of nitrogens with one attached hydrogen (secondary N) is 1. The molecule has 0 aromatic rings. The quantitative estimate of drug-likeness (QED) is 0.531. The summed E-state index contributed by atoms with van der Waals surface area (Å²) < 4.78 is 0. The van der Waals surface area contributed by atoms with Crippen LogP contribution >= 0.6 is 0 Å². The van der Waals surface area contributed by atoms with E-state index in [4.69, 9.17) is 0 Å². The zero-order valence-electron chi connectivity index (χ0n) is 13.2. The van der Waals surface area contributed by atoms with Crippen molar-refractivity contribution in [3.8, 4) is 0 Å². The second-order valence-corrected chi connectivity index (χ2v) is 6.89. The highest BCUT2D eigenvalue weighted by molar-refractivity contribution is 4.92. The Kier molecular flexibility index (Phi) is 6.15. The number of hydrogen-bond donors (Lipinski definition) is 1. The summed E-state index contributed by atoms with van der Waals surface area (Å²) in [4.78, 5) is 2.78. The van der Waals surface area contributed by atoms with Crippen LogP contribution in [-0.2, 0) is 0 Å². The molecule has 0 heterocycles. The Bertz CT molecular complexity index is 240. The van der Waals surface area contributed by atoms with Crippen LogP contribution < -0.4 is 5.32 Å². The first kappa shape index (κ1) is 15.3. The summed E-state index contributed by atoms with van der Waals surface area (Å²) in [6.07, 6.45) is 12.9. The first-order chi connectivity index (χ1) is 9.29. The minimum atomic E-state index is 0.574. The SMILES string of the molecule is CCCNCC1(CN(CC)C2CC2)CCCCCC1. The predicted octanol–water partition coefficient (Wildman–Crippen LogP) is 3.81.